The number of alkyl halides is 6. The summed E-state index contributed by atoms with van der Waals surface area (Å²) in [5, 5.41) is 2.86. The number of nitrogens with zero attached hydrogens (tertiary/aromatic N) is 8. The van der Waals surface area contributed by atoms with E-state index in [0.717, 1.165) is 74.5 Å². The number of fused-ring (bicyclic) bond motifs is 2. The van der Waals surface area contributed by atoms with E-state index in [-0.39, 0.29) is 34.6 Å². The van der Waals surface area contributed by atoms with Crippen molar-refractivity contribution in [3.63, 3.8) is 0 Å². The number of benzene rings is 4. The maximum atomic E-state index is 14.0. The van der Waals surface area contributed by atoms with Gasteiger partial charge in [0.1, 0.15) is 34.9 Å². The average Bonchev–Trinajstić information content (AvgIpc) is 3.90. The van der Waals surface area contributed by atoms with Crippen molar-refractivity contribution in [2.24, 2.45) is 5.73 Å². The maximum Gasteiger partial charge on any atom is 0.419 e. The van der Waals surface area contributed by atoms with Gasteiger partial charge < -0.3 is 20.5 Å². The van der Waals surface area contributed by atoms with Crippen molar-refractivity contribution in [2.75, 3.05) is 38.0 Å². The number of aromatic nitrogens is 8. The molecule has 23 heteroatoms. The van der Waals surface area contributed by atoms with Crippen LogP contribution >= 0.6 is 0 Å². The van der Waals surface area contributed by atoms with Crippen molar-refractivity contribution in [1.82, 2.24) is 39.0 Å². The minimum Gasteiger partial charge on any atom is -0.381 e. The van der Waals surface area contributed by atoms with Crippen LogP contribution in [0.15, 0.2) is 102 Å². The van der Waals surface area contributed by atoms with Gasteiger partial charge >= 0.3 is 12.4 Å². The van der Waals surface area contributed by atoms with Crippen molar-refractivity contribution in [1.29, 1.82) is 0 Å². The first kappa shape index (κ1) is 51.4. The number of nitrogens with two attached hydrogens (primary N) is 1. The van der Waals surface area contributed by atoms with Gasteiger partial charge in [-0.25, -0.2) is 42.1 Å². The lowest BCUT2D eigenvalue weighted by atomic mass is 10.1. The van der Waals surface area contributed by atoms with Crippen molar-refractivity contribution in [2.45, 2.75) is 69.1 Å². The van der Waals surface area contributed by atoms with E-state index in [1.165, 1.54) is 29.0 Å². The predicted octanol–water partition coefficient (Wildman–Crippen LogP) is 10.0. The number of aryl methyl sites for hydroxylation is 2. The van der Waals surface area contributed by atoms with E-state index in [1.807, 2.05) is 26.0 Å². The Kier molecular flexibility index (Phi) is 15.0. The lowest BCUT2D eigenvalue weighted by Gasteiger charge is -2.23. The van der Waals surface area contributed by atoms with Gasteiger partial charge in [-0.3, -0.25) is 9.13 Å². The lowest BCUT2D eigenvalue weighted by molar-refractivity contribution is -0.140. The zero-order valence-electron chi connectivity index (χ0n) is 38.8. The number of ether oxygens (including phenoxy) is 2. The summed E-state index contributed by atoms with van der Waals surface area (Å²) in [4.78, 5) is 25.7. The van der Waals surface area contributed by atoms with Crippen LogP contribution in [-0.2, 0) is 31.7 Å². The SMILES string of the molecule is Cc1ccc2nc(-c3ccc(F)c(C(F)(F)F)c3)n(-c3ccnc(NC4CCOCC4)n3)c2c1.Cc1ccc2nc(-c3ccc(F)c(C(F)(F)F)c3)n(-c3ccnc(S(C)(=O)=O)n3)c2c1.NC1CCOCC1. The Morgan fingerprint density at radius 3 is 1.51 bits per heavy atom. The monoisotopic (exact) mass is 1020 g/mol. The molecule has 0 radical (unpaired) electrons. The van der Waals surface area contributed by atoms with Crippen molar-refractivity contribution in [3.8, 4) is 34.4 Å². The summed E-state index contributed by atoms with van der Waals surface area (Å²) in [6.07, 6.45) is -2.24. The van der Waals surface area contributed by atoms with Gasteiger partial charge in [0, 0.05) is 68.3 Å². The van der Waals surface area contributed by atoms with Gasteiger partial charge in [-0.05, 0) is 123 Å². The minimum atomic E-state index is -4.90. The Balaban J connectivity index is 0.000000170. The number of halogens is 8. The van der Waals surface area contributed by atoms with Gasteiger partial charge in [0.15, 0.2) is 0 Å². The number of imidazole rings is 2. The summed E-state index contributed by atoms with van der Waals surface area (Å²) >= 11 is 0. The van der Waals surface area contributed by atoms with Gasteiger partial charge in [-0.1, -0.05) is 12.1 Å². The second-order valence-electron chi connectivity index (χ2n) is 17.1. The molecule has 14 nitrogen and oxygen atoms in total. The van der Waals surface area contributed by atoms with Gasteiger partial charge in [0.2, 0.25) is 20.9 Å². The first-order valence-corrected chi connectivity index (χ1v) is 24.3. The van der Waals surface area contributed by atoms with Crippen LogP contribution in [0.1, 0.15) is 47.9 Å². The molecule has 4 aromatic carbocycles. The highest BCUT2D eigenvalue weighted by Crippen LogP contribution is 2.38. The van der Waals surface area contributed by atoms with Crippen molar-refractivity contribution in [3.05, 3.63) is 131 Å². The number of anilines is 1. The molecule has 2 fully saturated rings. The highest BCUT2D eigenvalue weighted by molar-refractivity contribution is 7.90. The first-order chi connectivity index (χ1) is 34.1. The number of hydrogen-bond acceptors (Lipinski definition) is 12. The van der Waals surface area contributed by atoms with Gasteiger partial charge in [0.05, 0.1) is 33.2 Å². The fourth-order valence-electron chi connectivity index (χ4n) is 7.90. The largest absolute Gasteiger partial charge is 0.419 e. The van der Waals surface area contributed by atoms with Gasteiger partial charge in [0.25, 0.3) is 0 Å². The van der Waals surface area contributed by atoms with Crippen LogP contribution in [-0.4, -0.2) is 92.2 Å². The molecule has 10 rings (SSSR count). The Morgan fingerprint density at radius 2 is 1.07 bits per heavy atom. The van der Waals surface area contributed by atoms with Crippen LogP contribution in [0.2, 0.25) is 0 Å². The summed E-state index contributed by atoms with van der Waals surface area (Å²) in [7, 11) is -3.74. The summed E-state index contributed by atoms with van der Waals surface area (Å²) in [5.74, 6) is -1.54. The number of hydrogen-bond donors (Lipinski definition) is 2. The predicted molar refractivity (Wildman–Crippen MR) is 252 cm³/mol. The fourth-order valence-corrected chi connectivity index (χ4v) is 8.42. The second kappa shape index (κ2) is 21.0. The second-order valence-corrected chi connectivity index (χ2v) is 19.0. The van der Waals surface area contributed by atoms with E-state index in [1.54, 1.807) is 41.1 Å². The van der Waals surface area contributed by atoms with Crippen molar-refractivity contribution >= 4 is 37.9 Å². The Hall–Kier alpha value is -6.95. The third-order valence-corrected chi connectivity index (χ3v) is 12.4. The van der Waals surface area contributed by atoms with Crippen molar-refractivity contribution < 1.29 is 53.0 Å². The number of nitrogens with one attached hydrogen (secondary N) is 1. The summed E-state index contributed by atoms with van der Waals surface area (Å²) in [6.45, 7) is 6.76. The Bertz CT molecular complexity index is 3350. The topological polar surface area (TPSA) is 178 Å². The molecule has 72 heavy (non-hydrogen) atoms. The summed E-state index contributed by atoms with van der Waals surface area (Å²) in [6, 6.07) is 19.8. The third-order valence-electron chi connectivity index (χ3n) is 11.5. The third kappa shape index (κ3) is 11.9. The molecule has 0 amide bonds. The molecule has 2 aliphatic rings. The summed E-state index contributed by atoms with van der Waals surface area (Å²) < 4.78 is 145. The highest BCUT2D eigenvalue weighted by atomic mass is 32.2. The number of sulfone groups is 1. The van der Waals surface area contributed by atoms with E-state index in [0.29, 0.717) is 59.2 Å². The molecule has 378 valence electrons. The Morgan fingerprint density at radius 1 is 0.611 bits per heavy atom. The molecule has 0 saturated carbocycles. The Labute approximate surface area is 407 Å². The minimum absolute atomic E-state index is 0.0119. The van der Waals surface area contributed by atoms with Gasteiger partial charge in [-0.2, -0.15) is 31.3 Å². The van der Waals surface area contributed by atoms with E-state index in [2.05, 4.69) is 35.2 Å². The van der Waals surface area contributed by atoms with Crippen LogP contribution in [0.3, 0.4) is 0 Å². The molecule has 2 aliphatic heterocycles. The fraction of sp³-hybridized carbons (Fsp3) is 0.306. The quantitative estimate of drug-likeness (QED) is 0.114. The van der Waals surface area contributed by atoms with Crippen LogP contribution in [0.5, 0.6) is 0 Å². The van der Waals surface area contributed by atoms with E-state index in [9.17, 15) is 43.5 Å². The zero-order valence-corrected chi connectivity index (χ0v) is 39.6. The van der Waals surface area contributed by atoms with E-state index < -0.39 is 50.1 Å². The molecule has 3 N–H and O–H groups in total. The molecule has 8 aromatic rings. The normalized spacial score (nSPS) is 14.9. The smallest absolute Gasteiger partial charge is 0.381 e. The van der Waals surface area contributed by atoms with Gasteiger partial charge in [-0.15, -0.1) is 0 Å². The number of rotatable bonds is 7. The summed E-state index contributed by atoms with van der Waals surface area (Å²) in [5.41, 5.74) is 6.87. The molecule has 4 aromatic heterocycles. The van der Waals surface area contributed by atoms with E-state index in [4.69, 9.17) is 15.2 Å². The van der Waals surface area contributed by atoms with Crippen LogP contribution < -0.4 is 11.1 Å². The molecule has 0 spiro atoms. The molecule has 6 heterocycles. The average molecular weight is 1020 g/mol. The standard InChI is InChI=1S/C24H21F4N5O.C20H14F4N4O2S.C5H11NO/c1-14-2-5-19-20(12-14)33(21-6-9-29-23(32-21)30-16-7-10-34-11-8-16)22(31-19)15-3-4-18(25)17(13-15)24(26,27)28;1-11-3-6-15-16(9-11)28(17-7-8-25-19(27-17)31(2,29)30)18(26-15)12-4-5-14(21)13(10-12)20(22,23)24;6-5-1-3-7-4-2-5/h2-6,9,12-13,16H,7-8,10-11H2,1H3,(H,29,30,32);3-10H,1-2H3;5H,1-4,6H2. The maximum absolute atomic E-state index is 14.0. The molecule has 0 atom stereocenters. The highest BCUT2D eigenvalue weighted by Gasteiger charge is 2.36. The molecule has 0 unspecified atom stereocenters. The van der Waals surface area contributed by atoms with E-state index >= 15 is 0 Å². The first-order valence-electron chi connectivity index (χ1n) is 22.4. The zero-order chi connectivity index (χ0) is 51.5. The molecular formula is C49H46F8N10O4S. The molecule has 0 bridgehead atoms. The lowest BCUT2D eigenvalue weighted by Crippen LogP contribution is -2.28. The van der Waals surface area contributed by atoms with Crippen LogP contribution in [0.25, 0.3) is 56.5 Å². The molecular weight excluding hydrogens is 977 g/mol. The van der Waals surface area contributed by atoms with Crippen LogP contribution in [0.4, 0.5) is 41.1 Å². The molecule has 2 saturated heterocycles. The van der Waals surface area contributed by atoms with Crippen LogP contribution in [0, 0.1) is 25.5 Å². The molecule has 0 aliphatic carbocycles.